The summed E-state index contributed by atoms with van der Waals surface area (Å²) in [4.78, 5) is 6.28. The molecule has 0 aliphatic heterocycles. The Balaban J connectivity index is 2.46. The molecule has 0 aromatic carbocycles. The molecule has 1 rings (SSSR count). The quantitative estimate of drug-likeness (QED) is 0.782. The van der Waals surface area contributed by atoms with Gasteiger partial charge in [-0.25, -0.2) is 0 Å². The third-order valence-electron chi connectivity index (χ3n) is 1.95. The number of nitrogens with zero attached hydrogens (tertiary/aromatic N) is 3. The van der Waals surface area contributed by atoms with Crippen LogP contribution < -0.4 is 5.73 Å². The van der Waals surface area contributed by atoms with Crippen molar-refractivity contribution in [2.24, 2.45) is 5.73 Å². The molecule has 0 amide bonds. The van der Waals surface area contributed by atoms with E-state index in [-0.39, 0.29) is 5.54 Å². The largest absolute Gasteiger partial charge is 0.339 e. The maximum Gasteiger partial charge on any atom is 0.226 e. The fourth-order valence-electron chi connectivity index (χ4n) is 1.17. The fraction of sp³-hybridized carbons (Fsp3) is 0.800. The van der Waals surface area contributed by atoms with E-state index in [1.165, 1.54) is 0 Å². The second-order valence-electron chi connectivity index (χ2n) is 4.83. The molecule has 0 aliphatic carbocycles. The molecule has 0 bridgehead atoms. The monoisotopic (exact) mass is 212 g/mol. The molecule has 86 valence electrons. The van der Waals surface area contributed by atoms with E-state index < -0.39 is 0 Å². The van der Waals surface area contributed by atoms with Crippen molar-refractivity contribution < 1.29 is 4.52 Å². The number of hydrogen-bond donors (Lipinski definition) is 1. The van der Waals surface area contributed by atoms with Crippen LogP contribution in [0.25, 0.3) is 0 Å². The highest BCUT2D eigenvalue weighted by Gasteiger charge is 2.14. The summed E-state index contributed by atoms with van der Waals surface area (Å²) in [6.07, 6.45) is 1.58. The standard InChI is InChI=1S/C10H20N4O/c1-10(2,11)6-5-9-12-8(13-15-9)7-14(3)4/h5-7,11H2,1-4H3. The van der Waals surface area contributed by atoms with E-state index in [0.717, 1.165) is 18.7 Å². The van der Waals surface area contributed by atoms with Crippen molar-refractivity contribution >= 4 is 0 Å². The molecular weight excluding hydrogens is 192 g/mol. The van der Waals surface area contributed by atoms with Crippen LogP contribution in [0.3, 0.4) is 0 Å². The average Bonchev–Trinajstić information content (AvgIpc) is 2.46. The van der Waals surface area contributed by atoms with E-state index in [1.54, 1.807) is 0 Å². The van der Waals surface area contributed by atoms with Gasteiger partial charge in [-0.2, -0.15) is 4.98 Å². The number of aromatic nitrogens is 2. The molecule has 0 atom stereocenters. The van der Waals surface area contributed by atoms with Crippen molar-refractivity contribution in [1.29, 1.82) is 0 Å². The zero-order valence-electron chi connectivity index (χ0n) is 9.95. The highest BCUT2D eigenvalue weighted by atomic mass is 16.5. The minimum Gasteiger partial charge on any atom is -0.339 e. The number of nitrogens with two attached hydrogens (primary N) is 1. The van der Waals surface area contributed by atoms with Gasteiger partial charge in [0.15, 0.2) is 5.82 Å². The van der Waals surface area contributed by atoms with Gasteiger partial charge in [-0.15, -0.1) is 0 Å². The Morgan fingerprint density at radius 2 is 2.07 bits per heavy atom. The summed E-state index contributed by atoms with van der Waals surface area (Å²) in [6.45, 7) is 4.68. The normalized spacial score (nSPS) is 12.4. The Kier molecular flexibility index (Phi) is 3.82. The lowest BCUT2D eigenvalue weighted by Gasteiger charge is -2.16. The molecule has 0 spiro atoms. The molecule has 5 nitrogen and oxygen atoms in total. The van der Waals surface area contributed by atoms with E-state index in [9.17, 15) is 0 Å². The van der Waals surface area contributed by atoms with Gasteiger partial charge < -0.3 is 15.2 Å². The topological polar surface area (TPSA) is 68.2 Å². The first-order valence-corrected chi connectivity index (χ1v) is 5.12. The Bertz CT molecular complexity index is 301. The lowest BCUT2D eigenvalue weighted by molar-refractivity contribution is 0.340. The predicted molar refractivity (Wildman–Crippen MR) is 58.3 cm³/mol. The van der Waals surface area contributed by atoms with Crippen molar-refractivity contribution in [1.82, 2.24) is 15.0 Å². The highest BCUT2D eigenvalue weighted by molar-refractivity contribution is 4.88. The first kappa shape index (κ1) is 12.1. The third-order valence-corrected chi connectivity index (χ3v) is 1.95. The van der Waals surface area contributed by atoms with Crippen LogP contribution in [-0.4, -0.2) is 34.7 Å². The van der Waals surface area contributed by atoms with Crippen molar-refractivity contribution in [3.63, 3.8) is 0 Å². The minimum absolute atomic E-state index is 0.184. The third kappa shape index (κ3) is 4.90. The Labute approximate surface area is 90.6 Å². The van der Waals surface area contributed by atoms with E-state index >= 15 is 0 Å². The van der Waals surface area contributed by atoms with E-state index in [2.05, 4.69) is 10.1 Å². The SMILES string of the molecule is CN(C)Cc1noc(CCC(C)(C)N)n1. The Morgan fingerprint density at radius 3 is 2.60 bits per heavy atom. The zero-order valence-corrected chi connectivity index (χ0v) is 9.95. The molecule has 1 heterocycles. The maximum atomic E-state index is 5.87. The van der Waals surface area contributed by atoms with Gasteiger partial charge in [-0.05, 0) is 34.4 Å². The number of hydrogen-bond acceptors (Lipinski definition) is 5. The predicted octanol–water partition coefficient (Wildman–Crippen LogP) is 0.801. The number of aryl methyl sites for hydroxylation is 1. The Hall–Kier alpha value is -0.940. The first-order valence-electron chi connectivity index (χ1n) is 5.12. The van der Waals surface area contributed by atoms with Gasteiger partial charge in [0, 0.05) is 12.0 Å². The van der Waals surface area contributed by atoms with Crippen LogP contribution in [0, 0.1) is 0 Å². The van der Waals surface area contributed by atoms with Gasteiger partial charge in [0.2, 0.25) is 5.89 Å². The highest BCUT2D eigenvalue weighted by Crippen LogP contribution is 2.09. The fourth-order valence-corrected chi connectivity index (χ4v) is 1.17. The van der Waals surface area contributed by atoms with Gasteiger partial charge in [-0.1, -0.05) is 5.16 Å². The molecule has 2 N–H and O–H groups in total. The van der Waals surface area contributed by atoms with E-state index in [0.29, 0.717) is 12.4 Å². The van der Waals surface area contributed by atoms with Gasteiger partial charge in [0.25, 0.3) is 0 Å². The Morgan fingerprint density at radius 1 is 1.40 bits per heavy atom. The molecule has 1 aromatic heterocycles. The molecule has 1 aromatic rings. The van der Waals surface area contributed by atoms with Crippen LogP contribution in [0.2, 0.25) is 0 Å². The molecule has 5 heteroatoms. The van der Waals surface area contributed by atoms with Crippen molar-refractivity contribution in [3.05, 3.63) is 11.7 Å². The van der Waals surface area contributed by atoms with Crippen LogP contribution in [-0.2, 0) is 13.0 Å². The molecule has 0 fully saturated rings. The first-order chi connectivity index (χ1) is 6.87. The van der Waals surface area contributed by atoms with Crippen LogP contribution >= 0.6 is 0 Å². The van der Waals surface area contributed by atoms with Gasteiger partial charge in [-0.3, -0.25) is 0 Å². The summed E-state index contributed by atoms with van der Waals surface area (Å²) in [5.41, 5.74) is 5.69. The van der Waals surface area contributed by atoms with Crippen molar-refractivity contribution in [2.75, 3.05) is 14.1 Å². The van der Waals surface area contributed by atoms with Crippen molar-refractivity contribution in [3.8, 4) is 0 Å². The molecule has 0 radical (unpaired) electrons. The lowest BCUT2D eigenvalue weighted by atomic mass is 10.0. The second-order valence-corrected chi connectivity index (χ2v) is 4.83. The molecular formula is C10H20N4O. The summed E-state index contributed by atoms with van der Waals surface area (Å²) in [7, 11) is 3.94. The maximum absolute atomic E-state index is 5.87. The lowest BCUT2D eigenvalue weighted by Crippen LogP contribution is -2.32. The zero-order chi connectivity index (χ0) is 11.5. The summed E-state index contributed by atoms with van der Waals surface area (Å²) < 4.78 is 5.12. The summed E-state index contributed by atoms with van der Waals surface area (Å²) in [5.74, 6) is 1.40. The molecule has 0 aliphatic rings. The van der Waals surface area contributed by atoms with Crippen LogP contribution in [0.1, 0.15) is 32.0 Å². The summed E-state index contributed by atoms with van der Waals surface area (Å²) in [6, 6.07) is 0. The molecule has 0 saturated heterocycles. The smallest absolute Gasteiger partial charge is 0.226 e. The number of rotatable bonds is 5. The summed E-state index contributed by atoms with van der Waals surface area (Å²) in [5, 5.41) is 3.89. The molecule has 0 unspecified atom stereocenters. The van der Waals surface area contributed by atoms with Gasteiger partial charge in [0.05, 0.1) is 6.54 Å². The molecule has 0 saturated carbocycles. The second kappa shape index (κ2) is 4.72. The van der Waals surface area contributed by atoms with Crippen LogP contribution in [0.5, 0.6) is 0 Å². The minimum atomic E-state index is -0.184. The van der Waals surface area contributed by atoms with Gasteiger partial charge in [0.1, 0.15) is 0 Å². The van der Waals surface area contributed by atoms with Crippen molar-refractivity contribution in [2.45, 2.75) is 38.8 Å². The molecule has 15 heavy (non-hydrogen) atoms. The van der Waals surface area contributed by atoms with E-state index in [1.807, 2.05) is 32.8 Å². The summed E-state index contributed by atoms with van der Waals surface area (Å²) >= 11 is 0. The van der Waals surface area contributed by atoms with E-state index in [4.69, 9.17) is 10.3 Å². The average molecular weight is 212 g/mol. The van der Waals surface area contributed by atoms with Gasteiger partial charge >= 0.3 is 0 Å². The van der Waals surface area contributed by atoms with Crippen LogP contribution in [0.4, 0.5) is 0 Å². The van der Waals surface area contributed by atoms with Crippen LogP contribution in [0.15, 0.2) is 4.52 Å².